The van der Waals surface area contributed by atoms with E-state index in [-0.39, 0.29) is 23.3 Å². The lowest BCUT2D eigenvalue weighted by Gasteiger charge is -2.26. The highest BCUT2D eigenvalue weighted by Crippen LogP contribution is 2.23. The number of likely N-dealkylation sites (N-methyl/N-ethyl adjacent to an activating group) is 1. The quantitative estimate of drug-likeness (QED) is 0.404. The predicted molar refractivity (Wildman–Crippen MR) is 51.9 cm³/mol. The predicted octanol–water partition coefficient (Wildman–Crippen LogP) is 0.332. The maximum Gasteiger partial charge on any atom is 0.341 e. The van der Waals surface area contributed by atoms with Crippen LogP contribution in [0.15, 0.2) is 23.3 Å². The number of nitrogens with zero attached hydrogens (tertiary/aromatic N) is 1. The maximum absolute atomic E-state index is 11.6. The molecule has 80 valence electrons. The fraction of sp³-hybridized carbons (Fsp3) is 0.300. The lowest BCUT2D eigenvalue weighted by atomic mass is 9.96. The summed E-state index contributed by atoms with van der Waals surface area (Å²) in [5.74, 6) is -2.62. The van der Waals surface area contributed by atoms with Gasteiger partial charge in [-0.05, 0) is 19.4 Å². The van der Waals surface area contributed by atoms with E-state index in [4.69, 9.17) is 5.11 Å². The molecular weight excluding hydrogens is 198 g/mol. The van der Waals surface area contributed by atoms with E-state index in [0.29, 0.717) is 0 Å². The van der Waals surface area contributed by atoms with Crippen LogP contribution >= 0.6 is 0 Å². The van der Waals surface area contributed by atoms with Crippen molar-refractivity contribution in [2.24, 2.45) is 0 Å². The van der Waals surface area contributed by atoms with Gasteiger partial charge in [0.1, 0.15) is 5.57 Å². The van der Waals surface area contributed by atoms with Gasteiger partial charge in [0, 0.05) is 12.1 Å². The van der Waals surface area contributed by atoms with E-state index in [9.17, 15) is 14.4 Å². The number of aliphatic carboxylic acids is 1. The molecule has 0 unspecified atom stereocenters. The molecule has 1 rings (SSSR count). The molecule has 0 atom stereocenters. The monoisotopic (exact) mass is 209 g/mol. The van der Waals surface area contributed by atoms with Crippen molar-refractivity contribution in [1.29, 1.82) is 0 Å². The molecule has 1 aliphatic rings. The van der Waals surface area contributed by atoms with Gasteiger partial charge in [0.2, 0.25) is 0 Å². The molecule has 0 spiro atoms. The highest BCUT2D eigenvalue weighted by Gasteiger charge is 2.36. The van der Waals surface area contributed by atoms with Crippen LogP contribution in [0.3, 0.4) is 0 Å². The summed E-state index contributed by atoms with van der Waals surface area (Å²) in [6.07, 6.45) is 0. The molecule has 0 fully saturated rings. The molecule has 0 aliphatic carbocycles. The van der Waals surface area contributed by atoms with Crippen LogP contribution in [-0.4, -0.2) is 34.3 Å². The lowest BCUT2D eigenvalue weighted by Crippen LogP contribution is -2.44. The number of hydrogen-bond acceptors (Lipinski definition) is 3. The molecule has 0 saturated heterocycles. The van der Waals surface area contributed by atoms with Gasteiger partial charge < -0.3 is 5.11 Å². The second-order valence-electron chi connectivity index (χ2n) is 3.14. The Morgan fingerprint density at radius 1 is 1.40 bits per heavy atom. The molecule has 0 saturated carbocycles. The third kappa shape index (κ3) is 1.56. The van der Waals surface area contributed by atoms with Gasteiger partial charge in [-0.25, -0.2) is 4.79 Å². The number of carbonyl (C=O) groups is 3. The zero-order valence-corrected chi connectivity index (χ0v) is 8.53. The van der Waals surface area contributed by atoms with Crippen LogP contribution in [0.4, 0.5) is 0 Å². The summed E-state index contributed by atoms with van der Waals surface area (Å²) in [6, 6.07) is 0. The SMILES string of the molecule is C=C1C(=O)N(CC)C(=O)C(C(=O)O)=C1C. The van der Waals surface area contributed by atoms with Crippen molar-refractivity contribution in [3.63, 3.8) is 0 Å². The minimum absolute atomic E-state index is 0.0638. The van der Waals surface area contributed by atoms with Crippen LogP contribution in [0.5, 0.6) is 0 Å². The minimum Gasteiger partial charge on any atom is -0.477 e. The van der Waals surface area contributed by atoms with E-state index in [1.807, 2.05) is 0 Å². The van der Waals surface area contributed by atoms with Crippen molar-refractivity contribution in [3.05, 3.63) is 23.3 Å². The van der Waals surface area contributed by atoms with E-state index in [1.54, 1.807) is 6.92 Å². The number of hydrogen-bond donors (Lipinski definition) is 1. The summed E-state index contributed by atoms with van der Waals surface area (Å²) >= 11 is 0. The molecule has 0 aromatic rings. The standard InChI is InChI=1S/C10H11NO4/c1-4-11-8(12)6(3)5(2)7(9(11)13)10(14)15/h3-4H2,1-2H3,(H,14,15). The van der Waals surface area contributed by atoms with Crippen molar-refractivity contribution >= 4 is 17.8 Å². The lowest BCUT2D eigenvalue weighted by molar-refractivity contribution is -0.143. The zero-order valence-electron chi connectivity index (χ0n) is 8.53. The first-order chi connectivity index (χ1) is 6.91. The molecule has 5 heteroatoms. The average molecular weight is 209 g/mol. The Morgan fingerprint density at radius 2 is 1.93 bits per heavy atom. The fourth-order valence-electron chi connectivity index (χ4n) is 1.40. The van der Waals surface area contributed by atoms with Crippen LogP contribution in [-0.2, 0) is 14.4 Å². The molecule has 0 aromatic carbocycles. The molecular formula is C10H11NO4. The second-order valence-corrected chi connectivity index (χ2v) is 3.14. The maximum atomic E-state index is 11.6. The topological polar surface area (TPSA) is 74.7 Å². The van der Waals surface area contributed by atoms with Gasteiger partial charge in [-0.15, -0.1) is 0 Å². The Labute approximate surface area is 86.7 Å². The van der Waals surface area contributed by atoms with E-state index < -0.39 is 17.8 Å². The summed E-state index contributed by atoms with van der Waals surface area (Å²) in [4.78, 5) is 34.8. The van der Waals surface area contributed by atoms with Crippen molar-refractivity contribution in [2.45, 2.75) is 13.8 Å². The average Bonchev–Trinajstić information content (AvgIpc) is 2.15. The van der Waals surface area contributed by atoms with Crippen LogP contribution < -0.4 is 0 Å². The van der Waals surface area contributed by atoms with Gasteiger partial charge >= 0.3 is 5.97 Å². The first-order valence-corrected chi connectivity index (χ1v) is 4.41. The first-order valence-electron chi connectivity index (χ1n) is 4.41. The summed E-state index contributed by atoms with van der Waals surface area (Å²) in [6.45, 7) is 6.63. The highest BCUT2D eigenvalue weighted by molar-refractivity contribution is 6.26. The third-order valence-electron chi connectivity index (χ3n) is 2.32. The van der Waals surface area contributed by atoms with Gasteiger partial charge in [-0.3, -0.25) is 14.5 Å². The minimum atomic E-state index is -1.33. The number of rotatable bonds is 2. The second kappa shape index (κ2) is 3.68. The van der Waals surface area contributed by atoms with Crippen molar-refractivity contribution in [2.75, 3.05) is 6.54 Å². The number of carboxylic acid groups (broad SMARTS) is 1. The molecule has 15 heavy (non-hydrogen) atoms. The summed E-state index contributed by atoms with van der Waals surface area (Å²) in [7, 11) is 0. The van der Waals surface area contributed by atoms with Gasteiger partial charge in [0.15, 0.2) is 0 Å². The van der Waals surface area contributed by atoms with E-state index in [2.05, 4.69) is 6.58 Å². The smallest absolute Gasteiger partial charge is 0.341 e. The third-order valence-corrected chi connectivity index (χ3v) is 2.32. The normalized spacial score (nSPS) is 17.5. The molecule has 1 heterocycles. The van der Waals surface area contributed by atoms with Crippen LogP contribution in [0.1, 0.15) is 13.8 Å². The highest BCUT2D eigenvalue weighted by atomic mass is 16.4. The number of carbonyl (C=O) groups excluding carboxylic acids is 2. The fourth-order valence-corrected chi connectivity index (χ4v) is 1.40. The van der Waals surface area contributed by atoms with E-state index in [0.717, 1.165) is 4.90 Å². The Kier molecular flexibility index (Phi) is 2.74. The van der Waals surface area contributed by atoms with Crippen molar-refractivity contribution in [1.82, 2.24) is 4.90 Å². The molecule has 1 N–H and O–H groups in total. The van der Waals surface area contributed by atoms with Crippen molar-refractivity contribution in [3.8, 4) is 0 Å². The molecule has 2 amide bonds. The Morgan fingerprint density at radius 3 is 2.33 bits per heavy atom. The van der Waals surface area contributed by atoms with Gasteiger partial charge in [0.25, 0.3) is 11.8 Å². The Balaban J connectivity index is 3.36. The summed E-state index contributed by atoms with van der Waals surface area (Å²) in [5.41, 5.74) is -0.169. The van der Waals surface area contributed by atoms with Gasteiger partial charge in [-0.2, -0.15) is 0 Å². The van der Waals surface area contributed by atoms with E-state index in [1.165, 1.54) is 6.92 Å². The Hall–Kier alpha value is -1.91. The molecule has 1 aliphatic heterocycles. The molecule has 0 radical (unpaired) electrons. The van der Waals surface area contributed by atoms with Crippen LogP contribution in [0.2, 0.25) is 0 Å². The van der Waals surface area contributed by atoms with Crippen LogP contribution in [0, 0.1) is 0 Å². The summed E-state index contributed by atoms with van der Waals surface area (Å²) in [5, 5.41) is 8.84. The molecule has 0 aromatic heterocycles. The molecule has 5 nitrogen and oxygen atoms in total. The largest absolute Gasteiger partial charge is 0.477 e. The molecule has 0 bridgehead atoms. The van der Waals surface area contributed by atoms with Crippen LogP contribution in [0.25, 0.3) is 0 Å². The Bertz CT molecular complexity index is 406. The van der Waals surface area contributed by atoms with Crippen molar-refractivity contribution < 1.29 is 19.5 Å². The van der Waals surface area contributed by atoms with E-state index >= 15 is 0 Å². The zero-order chi connectivity index (χ0) is 11.7. The first kappa shape index (κ1) is 11.2. The summed E-state index contributed by atoms with van der Waals surface area (Å²) < 4.78 is 0. The number of imide groups is 1. The number of amides is 2. The van der Waals surface area contributed by atoms with Gasteiger partial charge in [0.05, 0.1) is 0 Å². The number of carboxylic acids is 1. The van der Waals surface area contributed by atoms with Gasteiger partial charge in [-0.1, -0.05) is 6.58 Å².